The number of hydrogen-bond donors (Lipinski definition) is 0. The number of benzene rings is 1. The smallest absolute Gasteiger partial charge is 0.344 e. The molecule has 0 amide bonds. The lowest BCUT2D eigenvalue weighted by Crippen LogP contribution is -2.19. The van der Waals surface area contributed by atoms with Crippen molar-refractivity contribution in [3.8, 4) is 5.75 Å². The molecule has 0 bridgehead atoms. The van der Waals surface area contributed by atoms with Crippen molar-refractivity contribution in [3.63, 3.8) is 0 Å². The zero-order valence-electron chi connectivity index (χ0n) is 9.60. The van der Waals surface area contributed by atoms with Crippen molar-refractivity contribution in [2.24, 2.45) is 0 Å². The monoisotopic (exact) mass is 240 g/mol. The molecule has 1 aromatic carbocycles. The zero-order chi connectivity index (χ0) is 12.8. The Morgan fingerprint density at radius 1 is 1.47 bits per heavy atom. The molecule has 0 spiro atoms. The van der Waals surface area contributed by atoms with Crippen molar-refractivity contribution in [1.82, 2.24) is 0 Å². The number of rotatable bonds is 5. The minimum Gasteiger partial charge on any atom is -0.478 e. The van der Waals surface area contributed by atoms with Gasteiger partial charge in [0.15, 0.2) is 24.5 Å². The molecule has 4 nitrogen and oxygen atoms in total. The Kier molecular flexibility index (Phi) is 4.63. The van der Waals surface area contributed by atoms with Gasteiger partial charge in [0, 0.05) is 0 Å². The number of aldehydes is 1. The summed E-state index contributed by atoms with van der Waals surface area (Å²) in [6.07, 6.45) is 0.198. The molecule has 0 aromatic heterocycles. The standard InChI is InChI=1S/C12H13FO4/c1-8(2)17-11(15)7-16-12-9(6-14)4-3-5-10(12)13/h3-6,8H,7H2,1-2H3. The normalized spacial score (nSPS) is 10.1. The second kappa shape index (κ2) is 5.98. The Bertz CT molecular complexity index is 415. The lowest BCUT2D eigenvalue weighted by Gasteiger charge is -2.10. The molecular weight excluding hydrogens is 227 g/mol. The molecule has 0 aliphatic rings. The number of hydrogen-bond acceptors (Lipinski definition) is 4. The van der Waals surface area contributed by atoms with Gasteiger partial charge in [-0.15, -0.1) is 0 Å². The van der Waals surface area contributed by atoms with E-state index < -0.39 is 18.4 Å². The van der Waals surface area contributed by atoms with Crippen LogP contribution in [0, 0.1) is 5.82 Å². The fourth-order valence-electron chi connectivity index (χ4n) is 1.20. The van der Waals surface area contributed by atoms with Gasteiger partial charge in [0.25, 0.3) is 0 Å². The van der Waals surface area contributed by atoms with Crippen LogP contribution in [0.1, 0.15) is 24.2 Å². The van der Waals surface area contributed by atoms with Crippen LogP contribution in [0.2, 0.25) is 0 Å². The quantitative estimate of drug-likeness (QED) is 0.583. The molecule has 0 heterocycles. The molecular formula is C12H13FO4. The van der Waals surface area contributed by atoms with E-state index in [2.05, 4.69) is 0 Å². The minimum atomic E-state index is -0.688. The number of esters is 1. The number of halogens is 1. The van der Waals surface area contributed by atoms with E-state index in [1.807, 2.05) is 0 Å². The molecule has 0 radical (unpaired) electrons. The van der Waals surface area contributed by atoms with E-state index >= 15 is 0 Å². The van der Waals surface area contributed by atoms with Crippen LogP contribution in [-0.2, 0) is 9.53 Å². The van der Waals surface area contributed by atoms with Gasteiger partial charge in [-0.1, -0.05) is 6.07 Å². The highest BCUT2D eigenvalue weighted by atomic mass is 19.1. The first-order valence-electron chi connectivity index (χ1n) is 5.10. The van der Waals surface area contributed by atoms with E-state index in [1.54, 1.807) is 13.8 Å². The summed E-state index contributed by atoms with van der Waals surface area (Å²) in [6, 6.07) is 3.94. The van der Waals surface area contributed by atoms with Crippen molar-refractivity contribution < 1.29 is 23.5 Å². The average molecular weight is 240 g/mol. The maximum atomic E-state index is 13.3. The maximum Gasteiger partial charge on any atom is 0.344 e. The van der Waals surface area contributed by atoms with Gasteiger partial charge in [-0.05, 0) is 26.0 Å². The van der Waals surface area contributed by atoms with Gasteiger partial charge in [0.2, 0.25) is 0 Å². The van der Waals surface area contributed by atoms with Crippen molar-refractivity contribution in [1.29, 1.82) is 0 Å². The van der Waals surface area contributed by atoms with Crippen LogP contribution in [0.4, 0.5) is 4.39 Å². The lowest BCUT2D eigenvalue weighted by atomic mass is 10.2. The molecule has 0 atom stereocenters. The van der Waals surface area contributed by atoms with Gasteiger partial charge in [-0.3, -0.25) is 4.79 Å². The SMILES string of the molecule is CC(C)OC(=O)COc1c(F)cccc1C=O. The maximum absolute atomic E-state index is 13.3. The second-order valence-electron chi connectivity index (χ2n) is 3.60. The topological polar surface area (TPSA) is 52.6 Å². The Labute approximate surface area is 98.3 Å². The summed E-state index contributed by atoms with van der Waals surface area (Å²) in [7, 11) is 0. The fraction of sp³-hybridized carbons (Fsp3) is 0.333. The fourth-order valence-corrected chi connectivity index (χ4v) is 1.20. The molecule has 0 aliphatic heterocycles. The van der Waals surface area contributed by atoms with E-state index in [0.717, 1.165) is 6.07 Å². The van der Waals surface area contributed by atoms with Crippen LogP contribution in [0.5, 0.6) is 5.75 Å². The Morgan fingerprint density at radius 3 is 2.76 bits per heavy atom. The molecule has 1 rings (SSSR count). The third-order valence-electron chi connectivity index (χ3n) is 1.83. The molecule has 1 aromatic rings. The van der Waals surface area contributed by atoms with Crippen LogP contribution < -0.4 is 4.74 Å². The Balaban J connectivity index is 2.69. The number of carbonyl (C=O) groups is 2. The summed E-state index contributed by atoms with van der Waals surface area (Å²) in [4.78, 5) is 21.8. The highest BCUT2D eigenvalue weighted by molar-refractivity contribution is 5.79. The summed E-state index contributed by atoms with van der Waals surface area (Å²) < 4.78 is 23.1. The van der Waals surface area contributed by atoms with E-state index in [-0.39, 0.29) is 17.4 Å². The highest BCUT2D eigenvalue weighted by Crippen LogP contribution is 2.20. The first-order valence-corrected chi connectivity index (χ1v) is 5.10. The predicted octanol–water partition coefficient (Wildman–Crippen LogP) is 1.97. The van der Waals surface area contributed by atoms with E-state index in [1.165, 1.54) is 12.1 Å². The number of para-hydroxylation sites is 1. The third kappa shape index (κ3) is 3.86. The lowest BCUT2D eigenvalue weighted by molar-refractivity contribution is -0.149. The molecule has 0 unspecified atom stereocenters. The largest absolute Gasteiger partial charge is 0.478 e. The molecule has 17 heavy (non-hydrogen) atoms. The summed E-state index contributed by atoms with van der Waals surface area (Å²) in [5.74, 6) is -1.53. The summed E-state index contributed by atoms with van der Waals surface area (Å²) in [5.41, 5.74) is 0.0577. The average Bonchev–Trinajstić information content (AvgIpc) is 2.26. The minimum absolute atomic E-state index is 0.0577. The van der Waals surface area contributed by atoms with Crippen LogP contribution in [0.3, 0.4) is 0 Å². The van der Waals surface area contributed by atoms with Crippen LogP contribution in [-0.4, -0.2) is 25.0 Å². The zero-order valence-corrected chi connectivity index (χ0v) is 9.60. The Morgan fingerprint density at radius 2 is 2.18 bits per heavy atom. The number of ether oxygens (including phenoxy) is 2. The van der Waals surface area contributed by atoms with Crippen LogP contribution in [0.25, 0.3) is 0 Å². The van der Waals surface area contributed by atoms with Crippen molar-refractivity contribution in [2.75, 3.05) is 6.61 Å². The van der Waals surface area contributed by atoms with E-state index in [0.29, 0.717) is 6.29 Å². The molecule has 0 aliphatic carbocycles. The van der Waals surface area contributed by atoms with Crippen molar-refractivity contribution >= 4 is 12.3 Å². The summed E-state index contributed by atoms with van der Waals surface area (Å²) >= 11 is 0. The van der Waals surface area contributed by atoms with Crippen LogP contribution in [0.15, 0.2) is 18.2 Å². The molecule has 0 saturated carbocycles. The molecule has 0 saturated heterocycles. The predicted molar refractivity (Wildman–Crippen MR) is 58.5 cm³/mol. The van der Waals surface area contributed by atoms with Gasteiger partial charge in [-0.25, -0.2) is 9.18 Å². The first-order chi connectivity index (χ1) is 8.04. The third-order valence-corrected chi connectivity index (χ3v) is 1.83. The van der Waals surface area contributed by atoms with Gasteiger partial charge in [0.1, 0.15) is 0 Å². The van der Waals surface area contributed by atoms with Gasteiger partial charge >= 0.3 is 5.97 Å². The van der Waals surface area contributed by atoms with Gasteiger partial charge < -0.3 is 9.47 Å². The number of carbonyl (C=O) groups excluding carboxylic acids is 2. The summed E-state index contributed by atoms with van der Waals surface area (Å²) in [5, 5.41) is 0. The van der Waals surface area contributed by atoms with Crippen molar-refractivity contribution in [2.45, 2.75) is 20.0 Å². The van der Waals surface area contributed by atoms with Crippen LogP contribution >= 0.6 is 0 Å². The molecule has 92 valence electrons. The molecule has 5 heteroatoms. The van der Waals surface area contributed by atoms with Crippen molar-refractivity contribution in [3.05, 3.63) is 29.6 Å². The van der Waals surface area contributed by atoms with Gasteiger partial charge in [0.05, 0.1) is 11.7 Å². The van der Waals surface area contributed by atoms with E-state index in [9.17, 15) is 14.0 Å². The first kappa shape index (κ1) is 13.2. The Hall–Kier alpha value is -1.91. The second-order valence-corrected chi connectivity index (χ2v) is 3.60. The summed E-state index contributed by atoms with van der Waals surface area (Å²) in [6.45, 7) is 2.95. The molecule has 0 N–H and O–H groups in total. The molecule has 0 fully saturated rings. The van der Waals surface area contributed by atoms with Gasteiger partial charge in [-0.2, -0.15) is 0 Å². The van der Waals surface area contributed by atoms with E-state index in [4.69, 9.17) is 9.47 Å². The highest BCUT2D eigenvalue weighted by Gasteiger charge is 2.12.